The van der Waals surface area contributed by atoms with E-state index >= 15 is 0 Å². The molecule has 2 aromatic heterocycles. The van der Waals surface area contributed by atoms with Crippen LogP contribution in [0.1, 0.15) is 57.6 Å². The first kappa shape index (κ1) is 29.0. The molecule has 0 amide bonds. The van der Waals surface area contributed by atoms with Crippen molar-refractivity contribution in [2.75, 3.05) is 23.9 Å². The van der Waals surface area contributed by atoms with E-state index in [0.717, 1.165) is 30.7 Å². The Balaban J connectivity index is 1.14. The molecule has 7 rings (SSSR count). The summed E-state index contributed by atoms with van der Waals surface area (Å²) in [6.07, 6.45) is 4.89. The van der Waals surface area contributed by atoms with Gasteiger partial charge in [0.2, 0.25) is 12.7 Å². The van der Waals surface area contributed by atoms with Gasteiger partial charge in [-0.2, -0.15) is 9.97 Å². The molecule has 0 aromatic carbocycles. The van der Waals surface area contributed by atoms with Crippen molar-refractivity contribution in [1.29, 1.82) is 0 Å². The van der Waals surface area contributed by atoms with Gasteiger partial charge in [-0.1, -0.05) is 0 Å². The molecule has 2 unspecified atom stereocenters. The van der Waals surface area contributed by atoms with Gasteiger partial charge in [0.05, 0.1) is 12.4 Å². The van der Waals surface area contributed by atoms with Crippen LogP contribution in [0.5, 0.6) is 0 Å². The monoisotopic (exact) mass is 619 g/mol. The maximum Gasteiger partial charge on any atom is 0.335 e. The second kappa shape index (κ2) is 10.5. The molecule has 2 aromatic rings. The SMILES string of the molecule is O=P(O)(O)CP(=O)(O)CC[C@H]1O[C@@H](n2cnc3c(NCCC45CC6CC(CC(C6)C4)C5)nc(Cl)nc32)[C@@H](O)C1O. The van der Waals surface area contributed by atoms with E-state index in [4.69, 9.17) is 26.1 Å². The van der Waals surface area contributed by atoms with Crippen LogP contribution in [-0.2, 0) is 13.9 Å². The van der Waals surface area contributed by atoms with Crippen LogP contribution in [0.15, 0.2) is 6.33 Å². The van der Waals surface area contributed by atoms with Crippen LogP contribution in [0.2, 0.25) is 5.28 Å². The highest BCUT2D eigenvalue weighted by atomic mass is 35.5. The number of hydrogen-bond acceptors (Lipinski definition) is 9. The van der Waals surface area contributed by atoms with Gasteiger partial charge in [-0.25, -0.2) is 4.98 Å². The van der Waals surface area contributed by atoms with Crippen molar-refractivity contribution in [2.45, 2.75) is 75.9 Å². The van der Waals surface area contributed by atoms with Gasteiger partial charge in [-0.15, -0.1) is 0 Å². The minimum Gasteiger partial charge on any atom is -0.388 e. The van der Waals surface area contributed by atoms with Crippen molar-refractivity contribution in [3.8, 4) is 0 Å². The van der Waals surface area contributed by atoms with Crippen LogP contribution >= 0.6 is 26.6 Å². The molecular weight excluding hydrogens is 584 g/mol. The highest BCUT2D eigenvalue weighted by Crippen LogP contribution is 2.61. The molecule has 16 heteroatoms. The minimum atomic E-state index is -4.70. The smallest absolute Gasteiger partial charge is 0.335 e. The molecule has 4 aliphatic carbocycles. The van der Waals surface area contributed by atoms with Gasteiger partial charge < -0.3 is 34.9 Å². The average molecular weight is 620 g/mol. The molecule has 1 aliphatic heterocycles. The fraction of sp³-hybridized carbons (Fsp3) is 0.792. The van der Waals surface area contributed by atoms with E-state index in [1.54, 1.807) is 0 Å². The van der Waals surface area contributed by atoms with Gasteiger partial charge in [-0.3, -0.25) is 13.7 Å². The van der Waals surface area contributed by atoms with E-state index in [1.165, 1.54) is 49.4 Å². The summed E-state index contributed by atoms with van der Waals surface area (Å²) in [6, 6.07) is 0. The molecular formula is C24H36ClN5O8P2. The minimum absolute atomic E-state index is 0.0187. The van der Waals surface area contributed by atoms with Crippen LogP contribution in [0.4, 0.5) is 5.82 Å². The lowest BCUT2D eigenvalue weighted by atomic mass is 9.49. The second-order valence-electron chi connectivity index (χ2n) is 12.5. The van der Waals surface area contributed by atoms with Crippen LogP contribution in [0.3, 0.4) is 0 Å². The third-order valence-electron chi connectivity index (χ3n) is 9.29. The lowest BCUT2D eigenvalue weighted by molar-refractivity contribution is -0.0552. The normalized spacial score (nSPS) is 36.8. The summed E-state index contributed by atoms with van der Waals surface area (Å²) in [7, 11) is -8.87. The fourth-order valence-corrected chi connectivity index (χ4v) is 11.8. The van der Waals surface area contributed by atoms with E-state index in [2.05, 4.69) is 20.3 Å². The summed E-state index contributed by atoms with van der Waals surface area (Å²) in [4.78, 5) is 41.1. The molecule has 13 nitrogen and oxygen atoms in total. The Morgan fingerprint density at radius 3 is 2.33 bits per heavy atom. The Morgan fingerprint density at radius 2 is 1.70 bits per heavy atom. The number of aromatic nitrogens is 4. The largest absolute Gasteiger partial charge is 0.388 e. The van der Waals surface area contributed by atoms with Crippen molar-refractivity contribution in [3.63, 3.8) is 0 Å². The van der Waals surface area contributed by atoms with Gasteiger partial charge >= 0.3 is 7.60 Å². The topological polar surface area (TPSA) is 200 Å². The standard InChI is InChI=1S/C24H36ClN5O8P2/c25-23-28-20(26-3-2-24-8-13-5-14(9-24)7-15(6-13)10-24)17-21(29-23)30(11-27-17)22-19(32)18(31)16(38-22)1-4-39(33,34)12-40(35,36)37/h11,13-16,18-19,22,31-32H,1-10,12H2,(H,33,34)(H,26,28,29)(H2,35,36,37)/t13?,14?,15?,16-,18?,19+,22-,24?/m1/s1. The van der Waals surface area contributed by atoms with Gasteiger partial charge in [-0.05, 0) is 86.1 Å². The quantitative estimate of drug-likeness (QED) is 0.168. The highest BCUT2D eigenvalue weighted by molar-refractivity contribution is 7.72. The number of anilines is 1. The fourth-order valence-electron chi connectivity index (χ4n) is 8.13. The zero-order valence-corrected chi connectivity index (χ0v) is 24.5. The Labute approximate surface area is 236 Å². The van der Waals surface area contributed by atoms with Crippen LogP contribution in [0.25, 0.3) is 11.2 Å². The summed E-state index contributed by atoms with van der Waals surface area (Å²) < 4.78 is 30.6. The number of nitrogens with zero attached hydrogens (tertiary/aromatic N) is 4. The number of nitrogens with one attached hydrogen (secondary N) is 1. The first-order valence-electron chi connectivity index (χ1n) is 13.8. The van der Waals surface area contributed by atoms with Crippen molar-refractivity contribution >= 4 is 43.5 Å². The highest BCUT2D eigenvalue weighted by Gasteiger charge is 2.50. The Hall–Kier alpha value is -1.14. The zero-order valence-electron chi connectivity index (χ0n) is 21.9. The second-order valence-corrected chi connectivity index (χ2v) is 17.4. The number of halogens is 1. The van der Waals surface area contributed by atoms with Crippen molar-refractivity contribution in [3.05, 3.63) is 11.6 Å². The van der Waals surface area contributed by atoms with Gasteiger partial charge in [0.1, 0.15) is 18.1 Å². The van der Waals surface area contributed by atoms with E-state index < -0.39 is 51.6 Å². The molecule has 5 fully saturated rings. The van der Waals surface area contributed by atoms with E-state index in [0.29, 0.717) is 22.4 Å². The number of ether oxygens (including phenoxy) is 1. The maximum absolute atomic E-state index is 12.2. The van der Waals surface area contributed by atoms with Crippen molar-refractivity contribution in [1.82, 2.24) is 19.5 Å². The Morgan fingerprint density at radius 1 is 1.05 bits per heavy atom. The summed E-state index contributed by atoms with van der Waals surface area (Å²) in [5, 5.41) is 24.7. The van der Waals surface area contributed by atoms with Gasteiger partial charge in [0.25, 0.3) is 0 Å². The van der Waals surface area contributed by atoms with Gasteiger partial charge in [0.15, 0.2) is 23.2 Å². The lowest BCUT2D eigenvalue weighted by Crippen LogP contribution is -2.46. The average Bonchev–Trinajstić information content (AvgIpc) is 3.36. The summed E-state index contributed by atoms with van der Waals surface area (Å²) in [6.45, 7) is 0.723. The van der Waals surface area contributed by atoms with Crippen LogP contribution < -0.4 is 5.32 Å². The molecule has 40 heavy (non-hydrogen) atoms. The first-order valence-corrected chi connectivity index (χ1v) is 18.0. The van der Waals surface area contributed by atoms with E-state index in [1.807, 2.05) is 0 Å². The van der Waals surface area contributed by atoms with Crippen molar-refractivity contribution in [2.24, 2.45) is 23.2 Å². The molecule has 1 saturated heterocycles. The van der Waals surface area contributed by atoms with Crippen molar-refractivity contribution < 1.29 is 38.8 Å². The summed E-state index contributed by atoms with van der Waals surface area (Å²) in [5.74, 6) is 1.93. The number of rotatable bonds is 10. The maximum atomic E-state index is 12.2. The number of fused-ring (bicyclic) bond motifs is 1. The summed E-state index contributed by atoms with van der Waals surface area (Å²) in [5.41, 5.74) is 1.13. The molecule has 0 radical (unpaired) electrons. The molecule has 5 atom stereocenters. The van der Waals surface area contributed by atoms with E-state index in [-0.39, 0.29) is 11.7 Å². The third-order valence-corrected chi connectivity index (χ3v) is 13.7. The Kier molecular flexibility index (Phi) is 7.63. The van der Waals surface area contributed by atoms with Crippen LogP contribution in [-0.4, -0.2) is 81.3 Å². The zero-order chi connectivity index (χ0) is 28.4. The number of aliphatic hydroxyl groups excluding tert-OH is 2. The number of hydrogen-bond donors (Lipinski definition) is 6. The molecule has 3 heterocycles. The summed E-state index contributed by atoms with van der Waals surface area (Å²) >= 11 is 6.26. The molecule has 5 aliphatic rings. The molecule has 4 bridgehead atoms. The number of imidazole rings is 1. The first-order chi connectivity index (χ1) is 18.8. The third kappa shape index (κ3) is 5.87. The lowest BCUT2D eigenvalue weighted by Gasteiger charge is -2.57. The van der Waals surface area contributed by atoms with E-state index in [9.17, 15) is 24.2 Å². The molecule has 0 spiro atoms. The molecule has 222 valence electrons. The van der Waals surface area contributed by atoms with Gasteiger partial charge in [0, 0.05) is 12.7 Å². The molecule has 6 N–H and O–H groups in total. The Bertz CT molecular complexity index is 1330. The predicted octanol–water partition coefficient (Wildman–Crippen LogP) is 2.91. The van der Waals surface area contributed by atoms with Crippen LogP contribution in [0, 0.1) is 23.2 Å². The predicted molar refractivity (Wildman–Crippen MR) is 146 cm³/mol. The molecule has 4 saturated carbocycles. The number of aliphatic hydroxyl groups is 2.